The molecule has 0 spiro atoms. The van der Waals surface area contributed by atoms with Crippen LogP contribution in [0.25, 0.3) is 0 Å². The highest BCUT2D eigenvalue weighted by Gasteiger charge is 2.23. The first-order valence-corrected chi connectivity index (χ1v) is 5.83. The smallest absolute Gasteiger partial charge is 0.338 e. The van der Waals surface area contributed by atoms with Crippen molar-refractivity contribution in [3.63, 3.8) is 0 Å². The topological polar surface area (TPSA) is 99.6 Å². The van der Waals surface area contributed by atoms with Crippen molar-refractivity contribution in [1.82, 2.24) is 15.2 Å². The number of carbonyl (C=O) groups is 3. The Bertz CT molecular complexity index is 529. The largest absolute Gasteiger partial charge is 0.478 e. The Kier molecular flexibility index (Phi) is 3.74. The molecule has 1 fully saturated rings. The molecule has 19 heavy (non-hydrogen) atoms. The Labute approximate surface area is 109 Å². The number of nitrogens with zero attached hydrogens (tertiary/aromatic N) is 2. The predicted molar refractivity (Wildman–Crippen MR) is 64.7 cm³/mol. The average molecular weight is 263 g/mol. The van der Waals surface area contributed by atoms with E-state index in [1.54, 1.807) is 0 Å². The first-order valence-electron chi connectivity index (χ1n) is 5.83. The van der Waals surface area contributed by atoms with Crippen molar-refractivity contribution in [1.29, 1.82) is 0 Å². The van der Waals surface area contributed by atoms with Crippen LogP contribution in [0.15, 0.2) is 18.5 Å². The van der Waals surface area contributed by atoms with Gasteiger partial charge >= 0.3 is 5.97 Å². The first kappa shape index (κ1) is 13.0. The van der Waals surface area contributed by atoms with Gasteiger partial charge < -0.3 is 15.3 Å². The lowest BCUT2D eigenvalue weighted by Crippen LogP contribution is -2.35. The molecular weight excluding hydrogens is 250 g/mol. The standard InChI is InChI=1S/C12H13N3O4/c16-10-2-5-15(6-4-14-10)11(17)8-1-3-13-7-9(8)12(18)19/h1,3,7H,2,4-6H2,(H,14,16)(H,18,19). The van der Waals surface area contributed by atoms with Gasteiger partial charge in [0.25, 0.3) is 5.91 Å². The van der Waals surface area contributed by atoms with Gasteiger partial charge in [0.1, 0.15) is 0 Å². The van der Waals surface area contributed by atoms with Gasteiger partial charge in [-0.2, -0.15) is 0 Å². The summed E-state index contributed by atoms with van der Waals surface area (Å²) < 4.78 is 0. The Morgan fingerprint density at radius 2 is 2.11 bits per heavy atom. The molecule has 0 aliphatic carbocycles. The summed E-state index contributed by atoms with van der Waals surface area (Å²) in [6, 6.07) is 1.38. The summed E-state index contributed by atoms with van der Waals surface area (Å²) in [4.78, 5) is 39.7. The summed E-state index contributed by atoms with van der Waals surface area (Å²) in [5.41, 5.74) is -0.0344. The Morgan fingerprint density at radius 3 is 2.84 bits per heavy atom. The molecule has 1 aromatic rings. The molecule has 2 amide bonds. The average Bonchev–Trinajstić information content (AvgIpc) is 2.62. The molecule has 0 aromatic carbocycles. The van der Waals surface area contributed by atoms with Crippen molar-refractivity contribution in [2.45, 2.75) is 6.42 Å². The third kappa shape index (κ3) is 2.87. The number of carboxylic acids is 1. The lowest BCUT2D eigenvalue weighted by molar-refractivity contribution is -0.120. The van der Waals surface area contributed by atoms with Crippen LogP contribution in [-0.2, 0) is 4.79 Å². The quantitative estimate of drug-likeness (QED) is 0.766. The highest BCUT2D eigenvalue weighted by atomic mass is 16.4. The maximum atomic E-state index is 12.3. The third-order valence-corrected chi connectivity index (χ3v) is 2.88. The van der Waals surface area contributed by atoms with Gasteiger partial charge in [-0.3, -0.25) is 14.6 Å². The van der Waals surface area contributed by atoms with Crippen molar-refractivity contribution >= 4 is 17.8 Å². The number of hydrogen-bond acceptors (Lipinski definition) is 4. The van der Waals surface area contributed by atoms with Crippen LogP contribution < -0.4 is 5.32 Å². The predicted octanol–water partition coefficient (Wildman–Crippen LogP) is -0.258. The maximum Gasteiger partial charge on any atom is 0.338 e. The second kappa shape index (κ2) is 5.47. The molecule has 2 rings (SSSR count). The van der Waals surface area contributed by atoms with Crippen molar-refractivity contribution in [2.75, 3.05) is 19.6 Å². The number of pyridine rings is 1. The lowest BCUT2D eigenvalue weighted by Gasteiger charge is -2.20. The zero-order chi connectivity index (χ0) is 13.8. The van der Waals surface area contributed by atoms with Gasteiger partial charge in [-0.15, -0.1) is 0 Å². The van der Waals surface area contributed by atoms with Gasteiger partial charge in [0.05, 0.1) is 11.1 Å². The molecule has 7 nitrogen and oxygen atoms in total. The minimum atomic E-state index is -1.19. The van der Waals surface area contributed by atoms with E-state index in [1.807, 2.05) is 0 Å². The summed E-state index contributed by atoms with van der Waals surface area (Å²) in [5.74, 6) is -1.69. The minimum Gasteiger partial charge on any atom is -0.478 e. The third-order valence-electron chi connectivity index (χ3n) is 2.88. The minimum absolute atomic E-state index is 0.0943. The number of carboxylic acid groups (broad SMARTS) is 1. The van der Waals surface area contributed by atoms with E-state index in [1.165, 1.54) is 17.2 Å². The number of hydrogen-bond donors (Lipinski definition) is 2. The summed E-state index contributed by atoms with van der Waals surface area (Å²) in [5, 5.41) is 11.7. The van der Waals surface area contributed by atoms with Crippen LogP contribution in [0.3, 0.4) is 0 Å². The van der Waals surface area contributed by atoms with E-state index in [2.05, 4.69) is 10.3 Å². The molecule has 0 bridgehead atoms. The van der Waals surface area contributed by atoms with Crippen molar-refractivity contribution in [3.05, 3.63) is 29.6 Å². The molecule has 100 valence electrons. The van der Waals surface area contributed by atoms with Crippen LogP contribution in [0.1, 0.15) is 27.1 Å². The summed E-state index contributed by atoms with van der Waals surface area (Å²) in [6.07, 6.45) is 2.75. The second-order valence-electron chi connectivity index (χ2n) is 4.12. The van der Waals surface area contributed by atoms with Crippen molar-refractivity contribution < 1.29 is 19.5 Å². The van der Waals surface area contributed by atoms with Crippen LogP contribution >= 0.6 is 0 Å². The first-order chi connectivity index (χ1) is 9.09. The van der Waals surface area contributed by atoms with Gasteiger partial charge in [0.2, 0.25) is 5.91 Å². The van der Waals surface area contributed by atoms with E-state index < -0.39 is 11.9 Å². The molecule has 7 heteroatoms. The molecular formula is C12H13N3O4. The zero-order valence-electron chi connectivity index (χ0n) is 10.1. The summed E-state index contributed by atoms with van der Waals surface area (Å²) in [6.45, 7) is 1.02. The molecule has 2 N–H and O–H groups in total. The number of carbonyl (C=O) groups excluding carboxylic acids is 2. The zero-order valence-corrected chi connectivity index (χ0v) is 10.1. The Balaban J connectivity index is 2.24. The van der Waals surface area contributed by atoms with Crippen molar-refractivity contribution in [3.8, 4) is 0 Å². The van der Waals surface area contributed by atoms with Crippen LogP contribution in [0, 0.1) is 0 Å². The fourth-order valence-corrected chi connectivity index (χ4v) is 1.89. The monoisotopic (exact) mass is 263 g/mol. The van der Waals surface area contributed by atoms with E-state index in [4.69, 9.17) is 5.11 Å². The summed E-state index contributed by atoms with van der Waals surface area (Å²) in [7, 11) is 0. The van der Waals surface area contributed by atoms with Gasteiger partial charge in [-0.25, -0.2) is 4.79 Å². The molecule has 0 unspecified atom stereocenters. The van der Waals surface area contributed by atoms with Crippen LogP contribution in [0.2, 0.25) is 0 Å². The molecule has 0 radical (unpaired) electrons. The Hall–Kier alpha value is -2.44. The highest BCUT2D eigenvalue weighted by molar-refractivity contribution is 6.04. The van der Waals surface area contributed by atoms with Crippen molar-refractivity contribution in [2.24, 2.45) is 0 Å². The number of aromatic carboxylic acids is 1. The fourth-order valence-electron chi connectivity index (χ4n) is 1.89. The van der Waals surface area contributed by atoms with Crippen LogP contribution in [-0.4, -0.2) is 52.4 Å². The molecule has 0 saturated carbocycles. The van der Waals surface area contributed by atoms with Crippen LogP contribution in [0.5, 0.6) is 0 Å². The lowest BCUT2D eigenvalue weighted by atomic mass is 10.1. The number of aromatic nitrogens is 1. The van der Waals surface area contributed by atoms with Crippen LogP contribution in [0.4, 0.5) is 0 Å². The SMILES string of the molecule is O=C1CCN(C(=O)c2ccncc2C(=O)O)CCN1. The molecule has 1 saturated heterocycles. The van der Waals surface area contributed by atoms with E-state index >= 15 is 0 Å². The maximum absolute atomic E-state index is 12.3. The van der Waals surface area contributed by atoms with E-state index in [-0.39, 0.29) is 30.0 Å². The fraction of sp³-hybridized carbons (Fsp3) is 0.333. The van der Waals surface area contributed by atoms with Gasteiger partial charge in [-0.05, 0) is 6.07 Å². The molecule has 2 heterocycles. The van der Waals surface area contributed by atoms with E-state index in [9.17, 15) is 14.4 Å². The molecule has 0 atom stereocenters. The molecule has 1 aliphatic rings. The van der Waals surface area contributed by atoms with Gasteiger partial charge in [-0.1, -0.05) is 0 Å². The number of nitrogens with one attached hydrogen (secondary N) is 1. The second-order valence-corrected chi connectivity index (χ2v) is 4.12. The van der Waals surface area contributed by atoms with Gasteiger partial charge in [0.15, 0.2) is 0 Å². The Morgan fingerprint density at radius 1 is 1.32 bits per heavy atom. The van der Waals surface area contributed by atoms with E-state index in [0.717, 1.165) is 6.20 Å². The van der Waals surface area contributed by atoms with Gasteiger partial charge in [0, 0.05) is 38.4 Å². The van der Waals surface area contributed by atoms with E-state index in [0.29, 0.717) is 13.1 Å². The summed E-state index contributed by atoms with van der Waals surface area (Å²) >= 11 is 0. The normalized spacial score (nSPS) is 15.6. The number of rotatable bonds is 2. The molecule has 1 aliphatic heterocycles. The highest BCUT2D eigenvalue weighted by Crippen LogP contribution is 2.11. The molecule has 1 aromatic heterocycles. The number of amides is 2.